The molecule has 16 heavy (non-hydrogen) atoms. The summed E-state index contributed by atoms with van der Waals surface area (Å²) in [6.07, 6.45) is 3.15. The molecule has 1 fully saturated rings. The molecule has 2 nitrogen and oxygen atoms in total. The highest BCUT2D eigenvalue weighted by Crippen LogP contribution is 2.48. The van der Waals surface area contributed by atoms with Gasteiger partial charge in [0, 0.05) is 10.4 Å². The minimum absolute atomic E-state index is 0.191. The monoisotopic (exact) mass is 238 g/mol. The summed E-state index contributed by atoms with van der Waals surface area (Å²) in [7, 11) is 0. The number of rotatable bonds is 3. The Morgan fingerprint density at radius 2 is 2.19 bits per heavy atom. The lowest BCUT2D eigenvalue weighted by atomic mass is 9.62. The fourth-order valence-electron chi connectivity index (χ4n) is 2.48. The standard InChI is InChI=1S/C13H15ClO2/c1-9-3-4-11(14)10(7-9)13(5-2-6-13)8-12(15)16/h3-4,7H,2,5-6,8H2,1H3,(H,15,16). The third-order valence-electron chi connectivity index (χ3n) is 3.49. The topological polar surface area (TPSA) is 37.3 Å². The molecule has 0 bridgehead atoms. The molecule has 1 aromatic rings. The SMILES string of the molecule is Cc1ccc(Cl)c(C2(CC(=O)O)CCC2)c1. The number of hydrogen-bond acceptors (Lipinski definition) is 1. The Hall–Kier alpha value is -1.02. The van der Waals surface area contributed by atoms with Crippen LogP contribution in [0.25, 0.3) is 0 Å². The summed E-state index contributed by atoms with van der Waals surface area (Å²) in [5.41, 5.74) is 1.94. The molecule has 0 saturated heterocycles. The Morgan fingerprint density at radius 3 is 2.69 bits per heavy atom. The molecule has 0 heterocycles. The number of aryl methyl sites for hydroxylation is 1. The highest BCUT2D eigenvalue weighted by Gasteiger charge is 2.41. The molecular formula is C13H15ClO2. The number of aliphatic carboxylic acids is 1. The van der Waals surface area contributed by atoms with Gasteiger partial charge in [-0.2, -0.15) is 0 Å². The Kier molecular flexibility index (Phi) is 2.94. The molecule has 1 aliphatic carbocycles. The van der Waals surface area contributed by atoms with Crippen LogP contribution in [-0.2, 0) is 10.2 Å². The lowest BCUT2D eigenvalue weighted by Crippen LogP contribution is -2.36. The van der Waals surface area contributed by atoms with Crippen molar-refractivity contribution in [2.75, 3.05) is 0 Å². The summed E-state index contributed by atoms with van der Waals surface area (Å²) in [5.74, 6) is -0.739. The minimum atomic E-state index is -0.739. The summed E-state index contributed by atoms with van der Waals surface area (Å²) >= 11 is 6.18. The number of benzene rings is 1. The van der Waals surface area contributed by atoms with Gasteiger partial charge in [0.2, 0.25) is 0 Å². The van der Waals surface area contributed by atoms with Crippen molar-refractivity contribution in [2.45, 2.75) is 38.0 Å². The second-order valence-corrected chi connectivity index (χ2v) is 5.09. The van der Waals surface area contributed by atoms with Gasteiger partial charge in [0.1, 0.15) is 0 Å². The normalized spacial score (nSPS) is 17.9. The van der Waals surface area contributed by atoms with Crippen LogP contribution in [0.1, 0.15) is 36.8 Å². The van der Waals surface area contributed by atoms with Crippen molar-refractivity contribution in [3.8, 4) is 0 Å². The van der Waals surface area contributed by atoms with E-state index < -0.39 is 5.97 Å². The molecule has 0 unspecified atom stereocenters. The van der Waals surface area contributed by atoms with E-state index in [9.17, 15) is 4.79 Å². The van der Waals surface area contributed by atoms with Crippen LogP contribution >= 0.6 is 11.6 Å². The van der Waals surface area contributed by atoms with Crippen molar-refractivity contribution in [3.63, 3.8) is 0 Å². The second kappa shape index (κ2) is 4.10. The highest BCUT2D eigenvalue weighted by atomic mass is 35.5. The van der Waals surface area contributed by atoms with E-state index in [0.29, 0.717) is 5.02 Å². The minimum Gasteiger partial charge on any atom is -0.481 e. The van der Waals surface area contributed by atoms with E-state index >= 15 is 0 Å². The highest BCUT2D eigenvalue weighted by molar-refractivity contribution is 6.31. The summed E-state index contributed by atoms with van der Waals surface area (Å²) in [6.45, 7) is 2.01. The van der Waals surface area contributed by atoms with Gasteiger partial charge >= 0.3 is 5.97 Å². The molecule has 1 N–H and O–H groups in total. The molecule has 1 saturated carbocycles. The average Bonchev–Trinajstić information content (AvgIpc) is 2.15. The Balaban J connectivity index is 2.39. The molecule has 0 spiro atoms. The third-order valence-corrected chi connectivity index (χ3v) is 3.82. The predicted octanol–water partition coefficient (Wildman–Crippen LogP) is 3.54. The molecule has 3 heteroatoms. The maximum atomic E-state index is 10.9. The van der Waals surface area contributed by atoms with Crippen molar-refractivity contribution >= 4 is 17.6 Å². The smallest absolute Gasteiger partial charge is 0.304 e. The van der Waals surface area contributed by atoms with Crippen LogP contribution < -0.4 is 0 Å². The number of carboxylic acids is 1. The van der Waals surface area contributed by atoms with Crippen molar-refractivity contribution in [1.82, 2.24) is 0 Å². The second-order valence-electron chi connectivity index (χ2n) is 4.69. The van der Waals surface area contributed by atoms with Gasteiger partial charge in [0.05, 0.1) is 6.42 Å². The zero-order chi connectivity index (χ0) is 11.8. The fourth-order valence-corrected chi connectivity index (χ4v) is 2.80. The van der Waals surface area contributed by atoms with E-state index in [-0.39, 0.29) is 11.8 Å². The van der Waals surface area contributed by atoms with E-state index in [2.05, 4.69) is 0 Å². The van der Waals surface area contributed by atoms with Gasteiger partial charge in [-0.1, -0.05) is 35.7 Å². The van der Waals surface area contributed by atoms with Gasteiger partial charge in [-0.3, -0.25) is 4.79 Å². The lowest BCUT2D eigenvalue weighted by Gasteiger charge is -2.42. The summed E-state index contributed by atoms with van der Waals surface area (Å²) in [4.78, 5) is 10.9. The van der Waals surface area contributed by atoms with Crippen molar-refractivity contribution in [2.24, 2.45) is 0 Å². The van der Waals surface area contributed by atoms with E-state index in [1.54, 1.807) is 0 Å². The molecule has 0 aromatic heterocycles. The molecule has 0 aliphatic heterocycles. The van der Waals surface area contributed by atoms with Gasteiger partial charge in [0.15, 0.2) is 0 Å². The summed E-state index contributed by atoms with van der Waals surface area (Å²) < 4.78 is 0. The van der Waals surface area contributed by atoms with Crippen molar-refractivity contribution in [1.29, 1.82) is 0 Å². The van der Waals surface area contributed by atoms with Crippen LogP contribution in [0.2, 0.25) is 5.02 Å². The van der Waals surface area contributed by atoms with Crippen LogP contribution in [0.15, 0.2) is 18.2 Å². The van der Waals surface area contributed by atoms with E-state index in [0.717, 1.165) is 30.4 Å². The molecule has 1 aliphatic rings. The van der Waals surface area contributed by atoms with Gasteiger partial charge < -0.3 is 5.11 Å². The molecule has 1 aromatic carbocycles. The molecule has 0 atom stereocenters. The van der Waals surface area contributed by atoms with Gasteiger partial charge in [0.25, 0.3) is 0 Å². The quantitative estimate of drug-likeness (QED) is 0.875. The third kappa shape index (κ3) is 1.94. The number of carboxylic acid groups (broad SMARTS) is 1. The van der Waals surface area contributed by atoms with Crippen LogP contribution in [0, 0.1) is 6.92 Å². The molecular weight excluding hydrogens is 224 g/mol. The van der Waals surface area contributed by atoms with Crippen molar-refractivity contribution < 1.29 is 9.90 Å². The maximum Gasteiger partial charge on any atom is 0.304 e. The first-order chi connectivity index (χ1) is 7.53. The largest absolute Gasteiger partial charge is 0.481 e. The van der Waals surface area contributed by atoms with Crippen LogP contribution in [-0.4, -0.2) is 11.1 Å². The zero-order valence-corrected chi connectivity index (χ0v) is 10.0. The van der Waals surface area contributed by atoms with Gasteiger partial charge in [-0.25, -0.2) is 0 Å². The fraction of sp³-hybridized carbons (Fsp3) is 0.462. The molecule has 0 amide bonds. The van der Waals surface area contributed by atoms with E-state index in [1.807, 2.05) is 25.1 Å². The Morgan fingerprint density at radius 1 is 1.50 bits per heavy atom. The molecule has 0 radical (unpaired) electrons. The summed E-state index contributed by atoms with van der Waals surface area (Å²) in [5, 5.41) is 9.69. The number of hydrogen-bond donors (Lipinski definition) is 1. The van der Waals surface area contributed by atoms with Gasteiger partial charge in [-0.15, -0.1) is 0 Å². The van der Waals surface area contributed by atoms with Crippen LogP contribution in [0.3, 0.4) is 0 Å². The molecule has 86 valence electrons. The Bertz CT molecular complexity index is 422. The number of halogens is 1. The first-order valence-electron chi connectivity index (χ1n) is 5.52. The average molecular weight is 239 g/mol. The van der Waals surface area contributed by atoms with Crippen molar-refractivity contribution in [3.05, 3.63) is 34.3 Å². The zero-order valence-electron chi connectivity index (χ0n) is 9.29. The predicted molar refractivity (Wildman–Crippen MR) is 64.0 cm³/mol. The first kappa shape index (κ1) is 11.5. The summed E-state index contributed by atoms with van der Waals surface area (Å²) in [6, 6.07) is 5.86. The van der Waals surface area contributed by atoms with Gasteiger partial charge in [-0.05, 0) is 31.4 Å². The number of carbonyl (C=O) groups is 1. The van der Waals surface area contributed by atoms with E-state index in [4.69, 9.17) is 16.7 Å². The van der Waals surface area contributed by atoms with Crippen LogP contribution in [0.5, 0.6) is 0 Å². The first-order valence-corrected chi connectivity index (χ1v) is 5.90. The molecule has 2 rings (SSSR count). The lowest BCUT2D eigenvalue weighted by molar-refractivity contribution is -0.139. The van der Waals surface area contributed by atoms with E-state index in [1.165, 1.54) is 0 Å². The maximum absolute atomic E-state index is 10.9. The van der Waals surface area contributed by atoms with Crippen LogP contribution in [0.4, 0.5) is 0 Å². The Labute approximate surface area is 100 Å².